The Kier molecular flexibility index (Phi) is 14.5. The zero-order chi connectivity index (χ0) is 31.0. The lowest BCUT2D eigenvalue weighted by atomic mass is 9.86. The molecule has 0 aliphatic heterocycles. The van der Waals surface area contributed by atoms with E-state index in [1.54, 1.807) is 0 Å². The monoisotopic (exact) mass is 580 g/mol. The van der Waals surface area contributed by atoms with Crippen LogP contribution in [-0.4, -0.2) is 33.2 Å². The molecule has 0 amide bonds. The van der Waals surface area contributed by atoms with E-state index in [9.17, 15) is 5.26 Å². The topological polar surface area (TPSA) is 42.3 Å². The van der Waals surface area contributed by atoms with Crippen LogP contribution in [0.3, 0.4) is 0 Å². The molecule has 43 heavy (non-hydrogen) atoms. The fourth-order valence-corrected chi connectivity index (χ4v) is 6.02. The van der Waals surface area contributed by atoms with Crippen molar-refractivity contribution in [1.29, 1.82) is 5.26 Å². The molecule has 0 unspecified atom stereocenters. The standard InChI is InChI=1S/C39H56N4/c1-7-11-26-42(27-12-8-2)34-21-17-32(18-22-34)37-30-31(5)39(41-6)38(36(37)16-15-25-40)33-19-23-35(24-20-33)43(28-13-9-3)29-14-10-4/h17-24,30,41H,7-16,26-29H2,1-6H3. The zero-order valence-electron chi connectivity index (χ0n) is 27.9. The second-order valence-electron chi connectivity index (χ2n) is 11.9. The first-order valence-electron chi connectivity index (χ1n) is 16.9. The van der Waals surface area contributed by atoms with Crippen LogP contribution in [0.25, 0.3) is 22.3 Å². The van der Waals surface area contributed by atoms with E-state index in [2.05, 4.69) is 110 Å². The minimum Gasteiger partial charge on any atom is -0.387 e. The van der Waals surface area contributed by atoms with Crippen molar-refractivity contribution in [2.75, 3.05) is 48.3 Å². The van der Waals surface area contributed by atoms with Crippen LogP contribution in [0.5, 0.6) is 0 Å². The van der Waals surface area contributed by atoms with Crippen molar-refractivity contribution < 1.29 is 0 Å². The average Bonchev–Trinajstić information content (AvgIpc) is 3.04. The molecule has 0 heterocycles. The molecule has 0 saturated heterocycles. The van der Waals surface area contributed by atoms with Crippen molar-refractivity contribution in [3.63, 3.8) is 0 Å². The van der Waals surface area contributed by atoms with Gasteiger partial charge in [0.2, 0.25) is 0 Å². The van der Waals surface area contributed by atoms with Gasteiger partial charge in [-0.25, -0.2) is 0 Å². The predicted octanol–water partition coefficient (Wildman–Crippen LogP) is 10.6. The number of rotatable bonds is 19. The molecule has 4 heteroatoms. The Morgan fingerprint density at radius 1 is 0.674 bits per heavy atom. The number of nitrogens with zero attached hydrogens (tertiary/aromatic N) is 3. The van der Waals surface area contributed by atoms with E-state index in [-0.39, 0.29) is 0 Å². The van der Waals surface area contributed by atoms with Gasteiger partial charge in [0.05, 0.1) is 6.07 Å². The molecule has 0 fully saturated rings. The number of aryl methyl sites for hydroxylation is 1. The van der Waals surface area contributed by atoms with E-state index < -0.39 is 0 Å². The van der Waals surface area contributed by atoms with Gasteiger partial charge in [-0.05, 0) is 97.2 Å². The van der Waals surface area contributed by atoms with Crippen LogP contribution in [0.2, 0.25) is 0 Å². The molecule has 3 aromatic rings. The third-order valence-electron chi connectivity index (χ3n) is 8.56. The highest BCUT2D eigenvalue weighted by Crippen LogP contribution is 2.42. The van der Waals surface area contributed by atoms with Crippen molar-refractivity contribution >= 4 is 17.1 Å². The Hall–Kier alpha value is -3.45. The lowest BCUT2D eigenvalue weighted by Crippen LogP contribution is -2.25. The van der Waals surface area contributed by atoms with Crippen molar-refractivity contribution in [1.82, 2.24) is 0 Å². The van der Waals surface area contributed by atoms with Gasteiger partial charge in [0.1, 0.15) is 0 Å². The second-order valence-corrected chi connectivity index (χ2v) is 11.9. The smallest absolute Gasteiger partial charge is 0.0625 e. The van der Waals surface area contributed by atoms with Crippen LogP contribution in [0, 0.1) is 18.3 Å². The maximum Gasteiger partial charge on any atom is 0.0625 e. The third-order valence-corrected chi connectivity index (χ3v) is 8.56. The van der Waals surface area contributed by atoms with Crippen LogP contribution >= 0.6 is 0 Å². The molecule has 0 spiro atoms. The molecule has 0 radical (unpaired) electrons. The molecule has 232 valence electrons. The number of unbranched alkanes of at least 4 members (excludes halogenated alkanes) is 4. The van der Waals surface area contributed by atoms with E-state index in [1.165, 1.54) is 96.1 Å². The molecule has 0 bridgehead atoms. The van der Waals surface area contributed by atoms with Crippen LogP contribution < -0.4 is 15.1 Å². The highest BCUT2D eigenvalue weighted by atomic mass is 15.1. The van der Waals surface area contributed by atoms with Crippen LogP contribution in [0.4, 0.5) is 17.1 Å². The van der Waals surface area contributed by atoms with Crippen molar-refractivity contribution in [3.8, 4) is 28.3 Å². The summed E-state index contributed by atoms with van der Waals surface area (Å²) in [6, 6.07) is 23.1. The third kappa shape index (κ3) is 9.27. The molecule has 1 N–H and O–H groups in total. The van der Waals surface area contributed by atoms with Gasteiger partial charge in [-0.1, -0.05) is 77.6 Å². The first-order chi connectivity index (χ1) is 21.0. The molecule has 0 saturated carbocycles. The number of hydrogen-bond acceptors (Lipinski definition) is 4. The van der Waals surface area contributed by atoms with Gasteiger partial charge in [-0.15, -0.1) is 0 Å². The number of hydrogen-bond donors (Lipinski definition) is 1. The zero-order valence-corrected chi connectivity index (χ0v) is 27.9. The van der Waals surface area contributed by atoms with Crippen molar-refractivity contribution in [2.45, 2.75) is 98.8 Å². The van der Waals surface area contributed by atoms with Gasteiger partial charge in [-0.2, -0.15) is 5.26 Å². The minimum absolute atomic E-state index is 0.492. The Labute approximate surface area is 263 Å². The Morgan fingerprint density at radius 2 is 1.12 bits per heavy atom. The van der Waals surface area contributed by atoms with Crippen LogP contribution in [0.15, 0.2) is 54.6 Å². The fourth-order valence-electron chi connectivity index (χ4n) is 6.02. The Morgan fingerprint density at radius 3 is 1.51 bits per heavy atom. The summed E-state index contributed by atoms with van der Waals surface area (Å²) in [6.45, 7) is 15.7. The first kappa shape index (κ1) is 34.0. The lowest BCUT2D eigenvalue weighted by molar-refractivity contribution is 0.678. The van der Waals surface area contributed by atoms with Gasteiger partial charge in [0, 0.05) is 62.3 Å². The number of anilines is 3. The maximum atomic E-state index is 9.63. The fraction of sp³-hybridized carbons (Fsp3) is 0.513. The average molecular weight is 581 g/mol. The summed E-state index contributed by atoms with van der Waals surface area (Å²) in [5, 5.41) is 13.1. The molecule has 4 nitrogen and oxygen atoms in total. The van der Waals surface area contributed by atoms with E-state index >= 15 is 0 Å². The number of nitrogens with one attached hydrogen (secondary N) is 1. The molecule has 0 aromatic heterocycles. The summed E-state index contributed by atoms with van der Waals surface area (Å²) in [5.41, 5.74) is 11.1. The second kappa shape index (κ2) is 18.3. The van der Waals surface area contributed by atoms with Gasteiger partial charge in [-0.3, -0.25) is 0 Å². The molecular formula is C39H56N4. The normalized spacial score (nSPS) is 10.9. The number of benzene rings is 3. The molecule has 3 aromatic carbocycles. The summed E-state index contributed by atoms with van der Waals surface area (Å²) in [6.07, 6.45) is 10.9. The maximum absolute atomic E-state index is 9.63. The molecule has 0 atom stereocenters. The first-order valence-corrected chi connectivity index (χ1v) is 16.9. The van der Waals surface area contributed by atoms with Crippen molar-refractivity contribution in [3.05, 3.63) is 65.7 Å². The van der Waals surface area contributed by atoms with E-state index in [0.717, 1.165) is 38.3 Å². The summed E-state index contributed by atoms with van der Waals surface area (Å²) in [7, 11) is 2.02. The molecule has 0 aliphatic rings. The predicted molar refractivity (Wildman–Crippen MR) is 190 cm³/mol. The van der Waals surface area contributed by atoms with Gasteiger partial charge in [0.25, 0.3) is 0 Å². The largest absolute Gasteiger partial charge is 0.387 e. The van der Waals surface area contributed by atoms with E-state index in [4.69, 9.17) is 0 Å². The highest BCUT2D eigenvalue weighted by molar-refractivity contribution is 5.90. The summed E-state index contributed by atoms with van der Waals surface area (Å²) in [4.78, 5) is 5.08. The molecule has 3 rings (SSSR count). The summed E-state index contributed by atoms with van der Waals surface area (Å²) < 4.78 is 0. The summed E-state index contributed by atoms with van der Waals surface area (Å²) in [5.74, 6) is 0. The van der Waals surface area contributed by atoms with Gasteiger partial charge < -0.3 is 15.1 Å². The lowest BCUT2D eigenvalue weighted by Gasteiger charge is -2.26. The number of nitriles is 1. The van der Waals surface area contributed by atoms with E-state index in [1.807, 2.05) is 7.05 Å². The highest BCUT2D eigenvalue weighted by Gasteiger charge is 2.19. The summed E-state index contributed by atoms with van der Waals surface area (Å²) >= 11 is 0. The van der Waals surface area contributed by atoms with Crippen LogP contribution in [-0.2, 0) is 6.42 Å². The van der Waals surface area contributed by atoms with E-state index in [0.29, 0.717) is 6.42 Å². The van der Waals surface area contributed by atoms with Gasteiger partial charge >= 0.3 is 0 Å². The molecular weight excluding hydrogens is 524 g/mol. The van der Waals surface area contributed by atoms with Crippen LogP contribution in [0.1, 0.15) is 96.6 Å². The Balaban J connectivity index is 2.08. The van der Waals surface area contributed by atoms with Crippen molar-refractivity contribution in [2.24, 2.45) is 0 Å². The quantitative estimate of drug-likeness (QED) is 0.153. The molecule has 0 aliphatic carbocycles. The SMILES string of the molecule is CCCCN(CCCC)c1ccc(-c2cc(C)c(NC)c(-c3ccc(N(CCCC)CCCC)cc3)c2CCC#N)cc1. The minimum atomic E-state index is 0.492. The van der Waals surface area contributed by atoms with Gasteiger partial charge in [0.15, 0.2) is 0 Å². The Bertz CT molecular complexity index is 1250.